The van der Waals surface area contributed by atoms with Gasteiger partial charge in [0.25, 0.3) is 0 Å². The van der Waals surface area contributed by atoms with Gasteiger partial charge in [-0.25, -0.2) is 13.1 Å². The van der Waals surface area contributed by atoms with Gasteiger partial charge in [-0.2, -0.15) is 0 Å². The summed E-state index contributed by atoms with van der Waals surface area (Å²) in [6, 6.07) is 0. The predicted molar refractivity (Wildman–Crippen MR) is 67.2 cm³/mol. The van der Waals surface area contributed by atoms with E-state index in [4.69, 9.17) is 18.0 Å². The minimum atomic E-state index is -3.42. The molecule has 0 fully saturated rings. The summed E-state index contributed by atoms with van der Waals surface area (Å²) in [4.78, 5) is 0.0268. The van der Waals surface area contributed by atoms with Gasteiger partial charge in [0.1, 0.15) is 5.25 Å². The molecule has 0 aliphatic rings. The smallest absolute Gasteiger partial charge is 0.221 e. The third-order valence-corrected chi connectivity index (χ3v) is 4.18. The van der Waals surface area contributed by atoms with Crippen LogP contribution in [0.1, 0.15) is 34.1 Å². The van der Waals surface area contributed by atoms with Crippen molar-refractivity contribution in [1.29, 1.82) is 0 Å². The van der Waals surface area contributed by atoms with Crippen molar-refractivity contribution >= 4 is 27.2 Å². The van der Waals surface area contributed by atoms with Crippen molar-refractivity contribution in [3.63, 3.8) is 0 Å². The van der Waals surface area contributed by atoms with E-state index in [0.29, 0.717) is 13.0 Å². The lowest BCUT2D eigenvalue weighted by Gasteiger charge is -2.21. The Bertz CT molecular complexity index is 317. The van der Waals surface area contributed by atoms with E-state index in [0.717, 1.165) is 0 Å². The van der Waals surface area contributed by atoms with Gasteiger partial charge in [-0.05, 0) is 11.8 Å². The molecule has 0 bridgehead atoms. The summed E-state index contributed by atoms with van der Waals surface area (Å²) < 4.78 is 26.1. The lowest BCUT2D eigenvalue weighted by molar-refractivity contribution is 0.407. The zero-order valence-electron chi connectivity index (χ0n) is 9.70. The van der Waals surface area contributed by atoms with Gasteiger partial charge in [0, 0.05) is 6.54 Å². The normalized spacial score (nSPS) is 14.9. The zero-order valence-corrected chi connectivity index (χ0v) is 11.3. The van der Waals surface area contributed by atoms with E-state index in [-0.39, 0.29) is 10.4 Å². The van der Waals surface area contributed by atoms with Gasteiger partial charge in [0.15, 0.2) is 0 Å². The minimum Gasteiger partial charge on any atom is -0.392 e. The minimum absolute atomic E-state index is 0.0268. The van der Waals surface area contributed by atoms with Crippen LogP contribution in [0.4, 0.5) is 0 Å². The van der Waals surface area contributed by atoms with Crippen LogP contribution in [0.2, 0.25) is 0 Å². The molecule has 6 heteroatoms. The van der Waals surface area contributed by atoms with Crippen LogP contribution in [0.25, 0.3) is 0 Å². The van der Waals surface area contributed by atoms with Gasteiger partial charge < -0.3 is 5.73 Å². The molecular weight excluding hydrogens is 232 g/mol. The van der Waals surface area contributed by atoms with Gasteiger partial charge >= 0.3 is 0 Å². The fourth-order valence-corrected chi connectivity index (χ4v) is 3.12. The first-order valence-corrected chi connectivity index (χ1v) is 6.83. The molecule has 1 atom stereocenters. The van der Waals surface area contributed by atoms with Crippen molar-refractivity contribution in [2.75, 3.05) is 6.54 Å². The highest BCUT2D eigenvalue weighted by molar-refractivity contribution is 7.93. The number of sulfonamides is 1. The van der Waals surface area contributed by atoms with Crippen LogP contribution < -0.4 is 10.5 Å². The highest BCUT2D eigenvalue weighted by atomic mass is 32.2. The van der Waals surface area contributed by atoms with E-state index in [9.17, 15) is 8.42 Å². The Kier molecular flexibility index (Phi) is 5.16. The monoisotopic (exact) mass is 252 g/mol. The second-order valence-electron chi connectivity index (χ2n) is 4.73. The SMILES string of the molecule is CCC(C(N)=S)S(=O)(=O)NCC(C)(C)C. The summed E-state index contributed by atoms with van der Waals surface area (Å²) in [5, 5.41) is -0.769. The Morgan fingerprint density at radius 3 is 2.20 bits per heavy atom. The van der Waals surface area contributed by atoms with E-state index < -0.39 is 15.3 Å². The number of thiocarbonyl (C=S) groups is 1. The Morgan fingerprint density at radius 2 is 1.93 bits per heavy atom. The first-order chi connectivity index (χ1) is 6.60. The van der Waals surface area contributed by atoms with Crippen LogP contribution in [0.15, 0.2) is 0 Å². The summed E-state index contributed by atoms with van der Waals surface area (Å²) in [7, 11) is -3.42. The molecular formula is C9H20N2O2S2. The van der Waals surface area contributed by atoms with Gasteiger partial charge in [0.05, 0.1) is 4.99 Å². The highest BCUT2D eigenvalue weighted by Crippen LogP contribution is 2.13. The first-order valence-electron chi connectivity index (χ1n) is 4.88. The second kappa shape index (κ2) is 5.23. The third-order valence-electron chi connectivity index (χ3n) is 1.87. The molecule has 0 aliphatic heterocycles. The molecule has 4 nitrogen and oxygen atoms in total. The summed E-state index contributed by atoms with van der Waals surface area (Å²) in [6.45, 7) is 8.00. The highest BCUT2D eigenvalue weighted by Gasteiger charge is 2.27. The van der Waals surface area contributed by atoms with Crippen LogP contribution >= 0.6 is 12.2 Å². The molecule has 1 unspecified atom stereocenters. The molecule has 0 radical (unpaired) electrons. The Morgan fingerprint density at radius 1 is 1.47 bits per heavy atom. The fraction of sp³-hybridized carbons (Fsp3) is 0.889. The van der Waals surface area contributed by atoms with E-state index >= 15 is 0 Å². The number of hydrogen-bond acceptors (Lipinski definition) is 3. The molecule has 0 spiro atoms. The Labute approximate surface area is 97.7 Å². The number of nitrogens with two attached hydrogens (primary N) is 1. The number of nitrogens with one attached hydrogen (secondary N) is 1. The van der Waals surface area contributed by atoms with Gasteiger partial charge in [0.2, 0.25) is 10.0 Å². The van der Waals surface area contributed by atoms with Crippen LogP contribution in [0, 0.1) is 5.41 Å². The lowest BCUT2D eigenvalue weighted by Crippen LogP contribution is -2.44. The molecule has 0 aromatic rings. The van der Waals surface area contributed by atoms with E-state index in [1.807, 2.05) is 20.8 Å². The van der Waals surface area contributed by atoms with Gasteiger partial charge in [-0.3, -0.25) is 0 Å². The number of rotatable bonds is 5. The van der Waals surface area contributed by atoms with Crippen molar-refractivity contribution in [3.05, 3.63) is 0 Å². The molecule has 90 valence electrons. The molecule has 0 heterocycles. The predicted octanol–water partition coefficient (Wildman–Crippen LogP) is 1.02. The van der Waals surface area contributed by atoms with Gasteiger partial charge in [-0.15, -0.1) is 0 Å². The third kappa shape index (κ3) is 5.44. The molecule has 0 aliphatic carbocycles. The number of hydrogen-bond donors (Lipinski definition) is 2. The van der Waals surface area contributed by atoms with E-state index in [1.165, 1.54) is 0 Å². The average Bonchev–Trinajstić information content (AvgIpc) is 1.99. The van der Waals surface area contributed by atoms with Crippen LogP contribution in [-0.4, -0.2) is 25.2 Å². The maximum absolute atomic E-state index is 11.8. The van der Waals surface area contributed by atoms with Crippen molar-refractivity contribution in [1.82, 2.24) is 4.72 Å². The average molecular weight is 252 g/mol. The fourth-order valence-electron chi connectivity index (χ4n) is 0.991. The van der Waals surface area contributed by atoms with Gasteiger partial charge in [-0.1, -0.05) is 39.9 Å². The topological polar surface area (TPSA) is 72.2 Å². The lowest BCUT2D eigenvalue weighted by atomic mass is 9.98. The first kappa shape index (κ1) is 14.8. The quantitative estimate of drug-likeness (QED) is 0.717. The van der Waals surface area contributed by atoms with Crippen molar-refractivity contribution in [3.8, 4) is 0 Å². The molecule has 3 N–H and O–H groups in total. The summed E-state index contributed by atoms with van der Waals surface area (Å²) in [6.07, 6.45) is 0.398. The largest absolute Gasteiger partial charge is 0.392 e. The second-order valence-corrected chi connectivity index (χ2v) is 7.15. The molecule has 0 amide bonds. The van der Waals surface area contributed by atoms with Crippen molar-refractivity contribution in [2.24, 2.45) is 11.1 Å². The summed E-state index contributed by atoms with van der Waals surface area (Å²) in [5.74, 6) is 0. The maximum Gasteiger partial charge on any atom is 0.221 e. The standard InChI is InChI=1S/C9H20N2O2S2/c1-5-7(8(10)14)15(12,13)11-6-9(2,3)4/h7,11H,5-6H2,1-4H3,(H2,10,14). The Balaban J connectivity index is 4.62. The molecule has 0 rings (SSSR count). The molecule has 0 saturated heterocycles. The van der Waals surface area contributed by atoms with Crippen molar-refractivity contribution in [2.45, 2.75) is 39.4 Å². The van der Waals surface area contributed by atoms with Crippen molar-refractivity contribution < 1.29 is 8.42 Å². The zero-order chi connectivity index (χ0) is 12.3. The molecule has 15 heavy (non-hydrogen) atoms. The maximum atomic E-state index is 11.8. The molecule has 0 aromatic heterocycles. The van der Waals surface area contributed by atoms with Crippen LogP contribution in [0.3, 0.4) is 0 Å². The van der Waals surface area contributed by atoms with E-state index in [1.54, 1.807) is 6.92 Å². The summed E-state index contributed by atoms with van der Waals surface area (Å²) in [5.41, 5.74) is 5.29. The summed E-state index contributed by atoms with van der Waals surface area (Å²) >= 11 is 4.73. The van der Waals surface area contributed by atoms with Crippen LogP contribution in [0.5, 0.6) is 0 Å². The van der Waals surface area contributed by atoms with E-state index in [2.05, 4.69) is 4.72 Å². The molecule has 0 aromatic carbocycles. The Hall–Kier alpha value is -0.200. The van der Waals surface area contributed by atoms with Crippen LogP contribution in [-0.2, 0) is 10.0 Å². The molecule has 0 saturated carbocycles.